The number of amides is 1. The first kappa shape index (κ1) is 26.1. The summed E-state index contributed by atoms with van der Waals surface area (Å²) in [6.45, 7) is 10.4. The Morgan fingerprint density at radius 2 is 1.84 bits per heavy atom. The number of aromatic nitrogens is 2. The van der Waals surface area contributed by atoms with Crippen LogP contribution in [-0.2, 0) is 6.54 Å². The molecule has 0 aliphatic carbocycles. The van der Waals surface area contributed by atoms with E-state index in [0.717, 1.165) is 22.1 Å². The van der Waals surface area contributed by atoms with Crippen LogP contribution in [0.4, 0.5) is 4.79 Å². The van der Waals surface area contributed by atoms with Crippen LogP contribution < -0.4 is 10.9 Å². The lowest BCUT2D eigenvalue weighted by Crippen LogP contribution is -2.40. The van der Waals surface area contributed by atoms with Crippen molar-refractivity contribution in [2.75, 3.05) is 0 Å². The Labute approximate surface area is 220 Å². The molecule has 8 heteroatoms. The first-order valence-electron chi connectivity index (χ1n) is 12.1. The molecule has 2 heterocycles. The summed E-state index contributed by atoms with van der Waals surface area (Å²) in [5, 5.41) is 25.4. The number of carboxylic acid groups (broad SMARTS) is 1. The van der Waals surface area contributed by atoms with Gasteiger partial charge in [0.2, 0.25) is 0 Å². The Kier molecular flexibility index (Phi) is 7.19. The first-order valence-corrected chi connectivity index (χ1v) is 13.0. The lowest BCUT2D eigenvalue weighted by Gasteiger charge is -2.35. The maximum Gasteiger partial charge on any atom is 0.405 e. The van der Waals surface area contributed by atoms with Gasteiger partial charge in [0.15, 0.2) is 5.69 Å². The minimum absolute atomic E-state index is 0.155. The number of hydrogen-bond acceptors (Lipinski definition) is 5. The molecule has 0 saturated carbocycles. The summed E-state index contributed by atoms with van der Waals surface area (Å²) in [6.07, 6.45) is -1.15. The summed E-state index contributed by atoms with van der Waals surface area (Å²) >= 11 is 1.37. The molecule has 4 rings (SSSR count). The molecule has 2 aromatic heterocycles. The Balaban J connectivity index is 2.19. The zero-order chi connectivity index (χ0) is 26.9. The van der Waals surface area contributed by atoms with Gasteiger partial charge in [-0.2, -0.15) is 5.26 Å². The Bertz CT molecular complexity index is 1560. The minimum Gasteiger partial charge on any atom is -0.465 e. The summed E-state index contributed by atoms with van der Waals surface area (Å²) < 4.78 is 1.75. The van der Waals surface area contributed by atoms with E-state index in [4.69, 9.17) is 0 Å². The Hall–Kier alpha value is -3.96. The van der Waals surface area contributed by atoms with Gasteiger partial charge in [-0.25, -0.2) is 9.78 Å². The molecule has 190 valence electrons. The standard InChI is InChI=1S/C29H30N4O3S/c1-17(2)15-33-24(25(29(3,4)5)32-28(35)36)23(18-9-7-6-8-10-18)22-13-19(11-12-21(22)27(33)34)26-31-20(14-30)16-37-26/h6-13,16-17,25,32H,15H2,1-5H3,(H,35,36). The van der Waals surface area contributed by atoms with Gasteiger partial charge in [0.1, 0.15) is 11.1 Å². The van der Waals surface area contributed by atoms with Gasteiger partial charge in [0.25, 0.3) is 5.56 Å². The number of hydrogen-bond donors (Lipinski definition) is 2. The van der Waals surface area contributed by atoms with E-state index in [1.807, 2.05) is 83.1 Å². The largest absolute Gasteiger partial charge is 0.465 e. The van der Waals surface area contributed by atoms with Crippen LogP contribution in [-0.4, -0.2) is 20.8 Å². The third kappa shape index (κ3) is 5.27. The van der Waals surface area contributed by atoms with E-state index < -0.39 is 17.6 Å². The highest BCUT2D eigenvalue weighted by molar-refractivity contribution is 7.13. The van der Waals surface area contributed by atoms with Gasteiger partial charge in [-0.05, 0) is 34.4 Å². The zero-order valence-electron chi connectivity index (χ0n) is 21.6. The van der Waals surface area contributed by atoms with E-state index in [0.29, 0.717) is 28.3 Å². The van der Waals surface area contributed by atoms with E-state index in [1.165, 1.54) is 11.3 Å². The monoisotopic (exact) mass is 514 g/mol. The fourth-order valence-corrected chi connectivity index (χ4v) is 5.37. The molecule has 0 saturated heterocycles. The fourth-order valence-electron chi connectivity index (χ4n) is 4.63. The highest BCUT2D eigenvalue weighted by atomic mass is 32.1. The summed E-state index contributed by atoms with van der Waals surface area (Å²) in [4.78, 5) is 30.4. The van der Waals surface area contributed by atoms with Crippen LogP contribution in [0.2, 0.25) is 0 Å². The molecule has 2 aromatic carbocycles. The average Bonchev–Trinajstić information content (AvgIpc) is 3.33. The fraction of sp³-hybridized carbons (Fsp3) is 0.310. The molecule has 0 aliphatic rings. The van der Waals surface area contributed by atoms with E-state index in [9.17, 15) is 20.0 Å². The van der Waals surface area contributed by atoms with Crippen molar-refractivity contribution in [1.82, 2.24) is 14.9 Å². The smallest absolute Gasteiger partial charge is 0.405 e. The zero-order valence-corrected chi connectivity index (χ0v) is 22.4. The van der Waals surface area contributed by atoms with E-state index in [-0.39, 0.29) is 11.5 Å². The molecule has 4 aromatic rings. The second kappa shape index (κ2) is 10.2. The quantitative estimate of drug-likeness (QED) is 0.299. The van der Waals surface area contributed by atoms with Crippen molar-refractivity contribution in [1.29, 1.82) is 5.26 Å². The first-order chi connectivity index (χ1) is 17.5. The second-order valence-corrected chi connectivity index (χ2v) is 11.5. The third-order valence-corrected chi connectivity index (χ3v) is 7.09. The summed E-state index contributed by atoms with van der Waals surface area (Å²) in [6, 6.07) is 16.8. The van der Waals surface area contributed by atoms with Gasteiger partial charge in [-0.15, -0.1) is 11.3 Å². The topological polar surface area (TPSA) is 108 Å². The van der Waals surface area contributed by atoms with Crippen molar-refractivity contribution in [2.45, 2.75) is 47.2 Å². The number of pyridine rings is 1. The molecule has 1 atom stereocenters. The Morgan fingerprint density at radius 1 is 1.14 bits per heavy atom. The van der Waals surface area contributed by atoms with Crippen LogP contribution in [0.15, 0.2) is 58.7 Å². The molecule has 0 radical (unpaired) electrons. The second-order valence-electron chi connectivity index (χ2n) is 10.6. The molecule has 37 heavy (non-hydrogen) atoms. The number of nitrogens with one attached hydrogen (secondary N) is 1. The number of thiazole rings is 1. The highest BCUT2D eigenvalue weighted by Crippen LogP contribution is 2.42. The molecular weight excluding hydrogens is 484 g/mol. The van der Waals surface area contributed by atoms with Crippen LogP contribution in [0.5, 0.6) is 0 Å². The number of fused-ring (bicyclic) bond motifs is 1. The number of nitriles is 1. The predicted octanol–water partition coefficient (Wildman–Crippen LogP) is 6.67. The maximum absolute atomic E-state index is 14.0. The van der Waals surface area contributed by atoms with Gasteiger partial charge in [0, 0.05) is 28.4 Å². The van der Waals surface area contributed by atoms with Crippen molar-refractivity contribution in [3.05, 3.63) is 75.7 Å². The van der Waals surface area contributed by atoms with Crippen molar-refractivity contribution in [3.8, 4) is 27.8 Å². The Morgan fingerprint density at radius 3 is 2.41 bits per heavy atom. The summed E-state index contributed by atoms with van der Waals surface area (Å²) in [5.74, 6) is 0.155. The molecule has 1 amide bonds. The number of nitrogens with zero attached hydrogens (tertiary/aromatic N) is 3. The van der Waals surface area contributed by atoms with Crippen molar-refractivity contribution < 1.29 is 9.90 Å². The van der Waals surface area contributed by atoms with Gasteiger partial charge >= 0.3 is 6.09 Å². The van der Waals surface area contributed by atoms with Crippen LogP contribution in [0.25, 0.3) is 32.5 Å². The average molecular weight is 515 g/mol. The van der Waals surface area contributed by atoms with Crippen LogP contribution in [0.3, 0.4) is 0 Å². The molecular formula is C29H30N4O3S. The normalized spacial score (nSPS) is 12.5. The molecule has 0 aliphatic heterocycles. The lowest BCUT2D eigenvalue weighted by atomic mass is 9.80. The van der Waals surface area contributed by atoms with Crippen molar-refractivity contribution in [3.63, 3.8) is 0 Å². The van der Waals surface area contributed by atoms with E-state index in [1.54, 1.807) is 9.95 Å². The molecule has 7 nitrogen and oxygen atoms in total. The SMILES string of the molecule is CC(C)Cn1c(C(NC(=O)O)C(C)(C)C)c(-c2ccccc2)c2cc(-c3nc(C#N)cs3)ccc2c1=O. The van der Waals surface area contributed by atoms with Crippen LogP contribution in [0.1, 0.15) is 52.0 Å². The van der Waals surface area contributed by atoms with Crippen LogP contribution >= 0.6 is 11.3 Å². The van der Waals surface area contributed by atoms with Crippen LogP contribution in [0, 0.1) is 22.7 Å². The molecule has 0 bridgehead atoms. The molecule has 0 fully saturated rings. The minimum atomic E-state index is -1.15. The number of rotatable bonds is 6. The molecule has 2 N–H and O–H groups in total. The van der Waals surface area contributed by atoms with Crippen molar-refractivity contribution >= 4 is 28.2 Å². The summed E-state index contributed by atoms with van der Waals surface area (Å²) in [5.41, 5.74) is 2.77. The van der Waals surface area contributed by atoms with Gasteiger partial charge in [0.05, 0.1) is 11.7 Å². The maximum atomic E-state index is 14.0. The van der Waals surface area contributed by atoms with Gasteiger partial charge in [-0.3, -0.25) is 4.79 Å². The lowest BCUT2D eigenvalue weighted by molar-refractivity contribution is 0.172. The van der Waals surface area contributed by atoms with Gasteiger partial charge in [-0.1, -0.05) is 71.0 Å². The number of carbonyl (C=O) groups is 1. The predicted molar refractivity (Wildman–Crippen MR) is 148 cm³/mol. The molecule has 1 unspecified atom stereocenters. The van der Waals surface area contributed by atoms with E-state index >= 15 is 0 Å². The number of benzene rings is 2. The third-order valence-electron chi connectivity index (χ3n) is 6.19. The highest BCUT2D eigenvalue weighted by Gasteiger charge is 2.34. The van der Waals surface area contributed by atoms with Gasteiger partial charge < -0.3 is 15.0 Å². The summed E-state index contributed by atoms with van der Waals surface area (Å²) in [7, 11) is 0. The van der Waals surface area contributed by atoms with Crippen molar-refractivity contribution in [2.24, 2.45) is 11.3 Å². The molecule has 0 spiro atoms. The van der Waals surface area contributed by atoms with E-state index in [2.05, 4.69) is 16.4 Å².